The Labute approximate surface area is 129 Å². The van der Waals surface area contributed by atoms with Gasteiger partial charge in [-0.15, -0.1) is 5.14 Å². The summed E-state index contributed by atoms with van der Waals surface area (Å²) in [6.07, 6.45) is 0. The number of nitrogens with two attached hydrogens (primary N) is 1. The highest BCUT2D eigenvalue weighted by atomic mass is 32.2. The van der Waals surface area contributed by atoms with Crippen LogP contribution >= 0.6 is 0 Å². The lowest BCUT2D eigenvalue weighted by Crippen LogP contribution is -2.33. The quantitative estimate of drug-likeness (QED) is 0.817. The van der Waals surface area contributed by atoms with E-state index < -0.39 is 11.4 Å². The van der Waals surface area contributed by atoms with Gasteiger partial charge in [0.15, 0.2) is 4.90 Å². The summed E-state index contributed by atoms with van der Waals surface area (Å²) in [6, 6.07) is 3.40. The van der Waals surface area contributed by atoms with E-state index in [2.05, 4.69) is 0 Å². The van der Waals surface area contributed by atoms with Crippen molar-refractivity contribution in [1.82, 2.24) is 4.90 Å². The number of rotatable bonds is 6. The summed E-state index contributed by atoms with van der Waals surface area (Å²) in [5.74, 6) is 0.515. The van der Waals surface area contributed by atoms with E-state index in [1.165, 1.54) is 7.11 Å². The van der Waals surface area contributed by atoms with E-state index in [1.54, 1.807) is 11.0 Å². The van der Waals surface area contributed by atoms with Gasteiger partial charge in [0, 0.05) is 19.2 Å². The zero-order chi connectivity index (χ0) is 16.2. The molecule has 1 amide bonds. The molecule has 0 saturated carbocycles. The second-order valence-electron chi connectivity index (χ2n) is 5.02. The summed E-state index contributed by atoms with van der Waals surface area (Å²) in [4.78, 5) is 14.8. The molecule has 1 rings (SSSR count). The maximum absolute atomic E-state index is 12.8. The lowest BCUT2D eigenvalue weighted by molar-refractivity contribution is 0.0767. The Bertz CT molecular complexity index is 471. The Morgan fingerprint density at radius 3 is 2.33 bits per heavy atom. The number of hydrogen-bond donors (Lipinski definition) is 1. The molecule has 1 aromatic carbocycles. The van der Waals surface area contributed by atoms with Crippen molar-refractivity contribution in [3.05, 3.63) is 23.3 Å². The lowest BCUT2D eigenvalue weighted by atomic mass is 9.95. The van der Waals surface area contributed by atoms with Gasteiger partial charge in [0.1, 0.15) is 11.3 Å². The van der Waals surface area contributed by atoms with Crippen molar-refractivity contribution < 1.29 is 14.1 Å². The first-order chi connectivity index (χ1) is 9.87. The summed E-state index contributed by atoms with van der Waals surface area (Å²) in [5.41, 5.74) is 1.25. The molecule has 6 heteroatoms. The predicted molar refractivity (Wildman–Crippen MR) is 84.9 cm³/mol. The van der Waals surface area contributed by atoms with Crippen LogP contribution in [-0.4, -0.2) is 35.6 Å². The van der Waals surface area contributed by atoms with Crippen LogP contribution in [0.1, 0.15) is 49.5 Å². The summed E-state index contributed by atoms with van der Waals surface area (Å²) in [5, 5.41) is 5.57. The van der Waals surface area contributed by atoms with Crippen molar-refractivity contribution in [2.45, 2.75) is 38.5 Å². The average molecular weight is 312 g/mol. The summed E-state index contributed by atoms with van der Waals surface area (Å²) in [6.45, 7) is 8.98. The second-order valence-corrected chi connectivity index (χ2v) is 6.05. The number of ether oxygens (including phenoxy) is 1. The minimum Gasteiger partial charge on any atom is -0.593 e. The Morgan fingerprint density at radius 1 is 1.38 bits per heavy atom. The van der Waals surface area contributed by atoms with Crippen molar-refractivity contribution in [3.63, 3.8) is 0 Å². The molecule has 0 aliphatic carbocycles. The third-order valence-electron chi connectivity index (χ3n) is 3.45. The SMILES string of the molecule is CCN(CC)C(=O)c1c(C(C)C)cc(OC)cc1[S+](N)[O-]. The molecule has 0 aromatic heterocycles. The highest BCUT2D eigenvalue weighted by Gasteiger charge is 2.28. The van der Waals surface area contributed by atoms with Gasteiger partial charge in [0.05, 0.1) is 18.5 Å². The van der Waals surface area contributed by atoms with Crippen LogP contribution in [0.2, 0.25) is 0 Å². The standard InChI is InChI=1S/C15H24N2O3S/c1-6-17(7-2)15(18)14-12(10(3)4)8-11(20-5)9-13(14)21(16)19/h8-10H,6-7,16H2,1-5H3. The minimum atomic E-state index is -1.75. The Balaban J connectivity index is 3.55. The Kier molecular flexibility index (Phi) is 6.51. The van der Waals surface area contributed by atoms with Crippen LogP contribution in [0.3, 0.4) is 0 Å². The van der Waals surface area contributed by atoms with E-state index in [1.807, 2.05) is 33.8 Å². The summed E-state index contributed by atoms with van der Waals surface area (Å²) < 4.78 is 17.1. The number of carbonyl (C=O) groups excluding carboxylic acids is 1. The first-order valence-electron chi connectivity index (χ1n) is 7.04. The molecule has 0 aliphatic rings. The number of hydrogen-bond acceptors (Lipinski definition) is 4. The van der Waals surface area contributed by atoms with Crippen LogP contribution in [-0.2, 0) is 11.4 Å². The molecule has 5 nitrogen and oxygen atoms in total. The van der Waals surface area contributed by atoms with Gasteiger partial charge >= 0.3 is 0 Å². The van der Waals surface area contributed by atoms with Crippen LogP contribution in [0.4, 0.5) is 0 Å². The molecule has 118 valence electrons. The maximum Gasteiger partial charge on any atom is 0.259 e. The summed E-state index contributed by atoms with van der Waals surface area (Å²) >= 11 is -1.75. The normalized spacial score (nSPS) is 12.4. The van der Waals surface area contributed by atoms with E-state index in [0.29, 0.717) is 29.3 Å². The number of nitrogens with zero attached hydrogens (tertiary/aromatic N) is 1. The molecule has 0 bridgehead atoms. The number of methoxy groups -OCH3 is 1. The maximum atomic E-state index is 12.8. The molecule has 1 atom stereocenters. The molecule has 0 saturated heterocycles. The van der Waals surface area contributed by atoms with Gasteiger partial charge in [0.2, 0.25) is 0 Å². The van der Waals surface area contributed by atoms with Gasteiger partial charge in [-0.2, -0.15) is 0 Å². The highest BCUT2D eigenvalue weighted by molar-refractivity contribution is 7.89. The smallest absolute Gasteiger partial charge is 0.259 e. The molecule has 0 aliphatic heterocycles. The third-order valence-corrected chi connectivity index (χ3v) is 4.20. The Morgan fingerprint density at radius 2 is 1.95 bits per heavy atom. The van der Waals surface area contributed by atoms with E-state index in [9.17, 15) is 9.35 Å². The topological polar surface area (TPSA) is 78.6 Å². The van der Waals surface area contributed by atoms with Crippen molar-refractivity contribution in [3.8, 4) is 5.75 Å². The average Bonchev–Trinajstić information content (AvgIpc) is 2.46. The van der Waals surface area contributed by atoms with Crippen LogP contribution in [0.25, 0.3) is 0 Å². The van der Waals surface area contributed by atoms with E-state index in [-0.39, 0.29) is 11.8 Å². The zero-order valence-electron chi connectivity index (χ0n) is 13.3. The molecular weight excluding hydrogens is 288 g/mol. The molecule has 1 aromatic rings. The number of benzene rings is 1. The van der Waals surface area contributed by atoms with Crippen molar-refractivity contribution in [1.29, 1.82) is 0 Å². The molecule has 2 N–H and O–H groups in total. The molecule has 1 unspecified atom stereocenters. The number of carbonyl (C=O) groups is 1. The van der Waals surface area contributed by atoms with Crippen molar-refractivity contribution >= 4 is 17.3 Å². The van der Waals surface area contributed by atoms with E-state index >= 15 is 0 Å². The van der Waals surface area contributed by atoms with Gasteiger partial charge < -0.3 is 14.2 Å². The first-order valence-corrected chi connectivity index (χ1v) is 8.25. The van der Waals surface area contributed by atoms with Gasteiger partial charge in [-0.3, -0.25) is 4.79 Å². The van der Waals surface area contributed by atoms with Crippen LogP contribution in [0.15, 0.2) is 17.0 Å². The Hall–Kier alpha value is -1.24. The largest absolute Gasteiger partial charge is 0.593 e. The zero-order valence-corrected chi connectivity index (χ0v) is 14.1. The molecule has 0 radical (unpaired) electrons. The fourth-order valence-corrected chi connectivity index (χ4v) is 2.88. The highest BCUT2D eigenvalue weighted by Crippen LogP contribution is 2.31. The fourth-order valence-electron chi connectivity index (χ4n) is 2.24. The lowest BCUT2D eigenvalue weighted by Gasteiger charge is -2.23. The predicted octanol–water partition coefficient (Wildman–Crippen LogP) is 2.28. The van der Waals surface area contributed by atoms with Crippen LogP contribution in [0, 0.1) is 0 Å². The van der Waals surface area contributed by atoms with Crippen LogP contribution in [0.5, 0.6) is 5.75 Å². The van der Waals surface area contributed by atoms with Gasteiger partial charge in [0.25, 0.3) is 5.91 Å². The van der Waals surface area contributed by atoms with Crippen molar-refractivity contribution in [2.24, 2.45) is 5.14 Å². The number of amides is 1. The van der Waals surface area contributed by atoms with Gasteiger partial charge in [-0.05, 0) is 31.4 Å². The molecular formula is C15H24N2O3S. The molecule has 21 heavy (non-hydrogen) atoms. The molecule has 0 fully saturated rings. The van der Waals surface area contributed by atoms with Gasteiger partial charge in [-0.25, -0.2) is 0 Å². The monoisotopic (exact) mass is 312 g/mol. The van der Waals surface area contributed by atoms with Gasteiger partial charge in [-0.1, -0.05) is 13.8 Å². The van der Waals surface area contributed by atoms with E-state index in [4.69, 9.17) is 9.88 Å². The fraction of sp³-hybridized carbons (Fsp3) is 0.533. The van der Waals surface area contributed by atoms with E-state index in [0.717, 1.165) is 5.56 Å². The second kappa shape index (κ2) is 7.68. The minimum absolute atomic E-state index is 0.0944. The van der Waals surface area contributed by atoms with Crippen LogP contribution < -0.4 is 9.88 Å². The van der Waals surface area contributed by atoms with Crippen molar-refractivity contribution in [2.75, 3.05) is 20.2 Å². The molecule has 0 spiro atoms. The third kappa shape index (κ3) is 3.90. The summed E-state index contributed by atoms with van der Waals surface area (Å²) in [7, 11) is 1.54. The molecule has 0 heterocycles. The first kappa shape index (κ1) is 17.8.